The molecule has 2 fully saturated rings. The molecule has 2 heterocycles. The summed E-state index contributed by atoms with van der Waals surface area (Å²) in [7, 11) is 0. The van der Waals surface area contributed by atoms with Crippen LogP contribution in [-0.2, 0) is 15.0 Å². The Morgan fingerprint density at radius 1 is 1.23 bits per heavy atom. The van der Waals surface area contributed by atoms with Gasteiger partial charge in [-0.2, -0.15) is 13.2 Å². The van der Waals surface area contributed by atoms with Crippen LogP contribution in [0.5, 0.6) is 0 Å². The van der Waals surface area contributed by atoms with Gasteiger partial charge in [0.25, 0.3) is 5.91 Å². The molecule has 3 N–H and O–H groups in total. The maximum absolute atomic E-state index is 12.7. The van der Waals surface area contributed by atoms with Crippen molar-refractivity contribution < 1.29 is 32.7 Å². The average molecular weight is 441 g/mol. The van der Waals surface area contributed by atoms with Gasteiger partial charge in [-0.05, 0) is 76.4 Å². The number of nitrogens with zero attached hydrogens (tertiary/aromatic N) is 1. The molecule has 1 spiro atoms. The molecule has 4 rings (SSSR count). The SMILES string of the molecule is CC(C)N1CCC2(CC1)C(=O)Nc1ccc(C(=O)NC3CC3)cc12.O=C(O)C(F)(F)F. The number of alkyl halides is 3. The lowest BCUT2D eigenvalue weighted by Crippen LogP contribution is -2.48. The number of carbonyl (C=O) groups excluding carboxylic acids is 2. The van der Waals surface area contributed by atoms with E-state index in [1.807, 2.05) is 18.2 Å². The molecule has 10 heteroatoms. The van der Waals surface area contributed by atoms with E-state index in [0.717, 1.165) is 50.0 Å². The molecule has 2 amide bonds. The Bertz CT molecular complexity index is 873. The molecule has 2 aliphatic heterocycles. The molecule has 0 radical (unpaired) electrons. The van der Waals surface area contributed by atoms with Gasteiger partial charge in [-0.3, -0.25) is 9.59 Å². The number of hydrogen-bond donors (Lipinski definition) is 3. The molecule has 1 saturated heterocycles. The van der Waals surface area contributed by atoms with Gasteiger partial charge in [0.2, 0.25) is 5.91 Å². The molecule has 0 unspecified atom stereocenters. The van der Waals surface area contributed by atoms with E-state index in [1.165, 1.54) is 0 Å². The van der Waals surface area contributed by atoms with Crippen molar-refractivity contribution in [3.8, 4) is 0 Å². The van der Waals surface area contributed by atoms with Gasteiger partial charge in [0.15, 0.2) is 0 Å². The molecule has 1 saturated carbocycles. The fraction of sp³-hybridized carbons (Fsp3) is 0.571. The number of likely N-dealkylation sites (tertiary alicyclic amines) is 1. The molecule has 31 heavy (non-hydrogen) atoms. The summed E-state index contributed by atoms with van der Waals surface area (Å²) in [4.78, 5) is 36.4. The Morgan fingerprint density at radius 3 is 2.29 bits per heavy atom. The topological polar surface area (TPSA) is 98.7 Å². The molecule has 1 aliphatic carbocycles. The standard InChI is InChI=1S/C19H25N3O2.C2HF3O2/c1-12(2)22-9-7-19(8-10-22)15-11-13(17(23)20-14-4-5-14)3-6-16(15)21-18(19)24;3-2(4,5)1(6)7/h3,6,11-12,14H,4-5,7-10H2,1-2H3,(H,20,23)(H,21,24);(H,6,7). The second-order valence-electron chi connectivity index (χ2n) is 8.48. The van der Waals surface area contributed by atoms with Gasteiger partial charge >= 0.3 is 12.1 Å². The summed E-state index contributed by atoms with van der Waals surface area (Å²) in [5.74, 6) is -2.68. The van der Waals surface area contributed by atoms with Crippen LogP contribution in [0, 0.1) is 0 Å². The average Bonchev–Trinajstić information content (AvgIpc) is 3.47. The van der Waals surface area contributed by atoms with Crippen LogP contribution in [0.15, 0.2) is 18.2 Å². The zero-order valence-electron chi connectivity index (χ0n) is 17.4. The summed E-state index contributed by atoms with van der Waals surface area (Å²) in [5.41, 5.74) is 2.10. The van der Waals surface area contributed by atoms with E-state index in [1.54, 1.807) is 0 Å². The lowest BCUT2D eigenvalue weighted by atomic mass is 9.73. The van der Waals surface area contributed by atoms with Crippen molar-refractivity contribution >= 4 is 23.5 Å². The van der Waals surface area contributed by atoms with E-state index < -0.39 is 17.6 Å². The van der Waals surface area contributed by atoms with E-state index >= 15 is 0 Å². The summed E-state index contributed by atoms with van der Waals surface area (Å²) in [6.45, 7) is 6.23. The van der Waals surface area contributed by atoms with Crippen LogP contribution in [0.3, 0.4) is 0 Å². The summed E-state index contributed by atoms with van der Waals surface area (Å²) >= 11 is 0. The Labute approximate surface area is 178 Å². The van der Waals surface area contributed by atoms with Crippen molar-refractivity contribution in [2.45, 2.75) is 63.2 Å². The number of benzene rings is 1. The number of carboxylic acids is 1. The number of fused-ring (bicyclic) bond motifs is 2. The Hall–Kier alpha value is -2.62. The van der Waals surface area contributed by atoms with E-state index in [9.17, 15) is 22.8 Å². The quantitative estimate of drug-likeness (QED) is 0.670. The monoisotopic (exact) mass is 441 g/mol. The Morgan fingerprint density at radius 2 is 1.81 bits per heavy atom. The summed E-state index contributed by atoms with van der Waals surface area (Å²) in [5, 5.41) is 13.2. The van der Waals surface area contributed by atoms with E-state index in [0.29, 0.717) is 17.6 Å². The number of anilines is 1. The van der Waals surface area contributed by atoms with Gasteiger partial charge in [-0.1, -0.05) is 0 Å². The van der Waals surface area contributed by atoms with Crippen LogP contribution in [0.25, 0.3) is 0 Å². The highest BCUT2D eigenvalue weighted by Crippen LogP contribution is 2.45. The van der Waals surface area contributed by atoms with Crippen LogP contribution in [0.1, 0.15) is 55.5 Å². The highest BCUT2D eigenvalue weighted by atomic mass is 19.4. The van der Waals surface area contributed by atoms with Gasteiger partial charge in [0.05, 0.1) is 5.41 Å². The van der Waals surface area contributed by atoms with Gasteiger partial charge < -0.3 is 20.6 Å². The highest BCUT2D eigenvalue weighted by Gasteiger charge is 2.48. The lowest BCUT2D eigenvalue weighted by Gasteiger charge is -2.39. The van der Waals surface area contributed by atoms with Crippen LogP contribution in [0.4, 0.5) is 18.9 Å². The van der Waals surface area contributed by atoms with E-state index in [4.69, 9.17) is 9.90 Å². The second-order valence-corrected chi connectivity index (χ2v) is 8.48. The predicted octanol–water partition coefficient (Wildman–Crippen LogP) is 2.91. The molecule has 7 nitrogen and oxygen atoms in total. The molecular formula is C21H26F3N3O4. The number of nitrogens with one attached hydrogen (secondary N) is 2. The van der Waals surface area contributed by atoms with Crippen molar-refractivity contribution in [3.05, 3.63) is 29.3 Å². The maximum Gasteiger partial charge on any atom is 0.490 e. The normalized spacial score (nSPS) is 20.0. The third-order valence-corrected chi connectivity index (χ3v) is 6.02. The Kier molecular flexibility index (Phi) is 6.31. The van der Waals surface area contributed by atoms with Crippen molar-refractivity contribution in [2.75, 3.05) is 18.4 Å². The minimum Gasteiger partial charge on any atom is -0.475 e. The molecule has 1 aromatic rings. The van der Waals surface area contributed by atoms with Gasteiger partial charge in [-0.15, -0.1) is 0 Å². The second kappa shape index (κ2) is 8.49. The first-order valence-electron chi connectivity index (χ1n) is 10.2. The third kappa shape index (κ3) is 5.00. The maximum atomic E-state index is 12.7. The summed E-state index contributed by atoms with van der Waals surface area (Å²) < 4.78 is 31.7. The number of halogens is 3. The van der Waals surface area contributed by atoms with E-state index in [2.05, 4.69) is 29.4 Å². The number of aliphatic carboxylic acids is 1. The van der Waals surface area contributed by atoms with Crippen molar-refractivity contribution in [1.82, 2.24) is 10.2 Å². The van der Waals surface area contributed by atoms with Crippen molar-refractivity contribution in [1.29, 1.82) is 0 Å². The first kappa shape index (κ1) is 23.1. The largest absolute Gasteiger partial charge is 0.490 e. The number of carbonyl (C=O) groups is 3. The summed E-state index contributed by atoms with van der Waals surface area (Å²) in [6.07, 6.45) is -1.30. The van der Waals surface area contributed by atoms with Gasteiger partial charge in [0, 0.05) is 23.3 Å². The zero-order valence-corrected chi connectivity index (χ0v) is 17.4. The summed E-state index contributed by atoms with van der Waals surface area (Å²) in [6, 6.07) is 6.49. The number of rotatable bonds is 3. The minimum absolute atomic E-state index is 0.0191. The van der Waals surface area contributed by atoms with Crippen LogP contribution < -0.4 is 10.6 Å². The molecule has 0 bridgehead atoms. The predicted molar refractivity (Wildman–Crippen MR) is 107 cm³/mol. The fourth-order valence-electron chi connectivity index (χ4n) is 3.97. The number of hydrogen-bond acceptors (Lipinski definition) is 4. The lowest BCUT2D eigenvalue weighted by molar-refractivity contribution is -0.192. The zero-order chi connectivity index (χ0) is 23.0. The highest BCUT2D eigenvalue weighted by molar-refractivity contribution is 6.07. The molecular weight excluding hydrogens is 415 g/mol. The molecule has 170 valence electrons. The van der Waals surface area contributed by atoms with Crippen molar-refractivity contribution in [2.24, 2.45) is 0 Å². The third-order valence-electron chi connectivity index (χ3n) is 6.02. The first-order valence-corrected chi connectivity index (χ1v) is 10.2. The molecule has 0 atom stereocenters. The molecule has 0 aromatic heterocycles. The minimum atomic E-state index is -5.08. The number of carboxylic acid groups (broad SMARTS) is 1. The van der Waals surface area contributed by atoms with Crippen LogP contribution >= 0.6 is 0 Å². The van der Waals surface area contributed by atoms with Crippen LogP contribution in [0.2, 0.25) is 0 Å². The number of amides is 2. The van der Waals surface area contributed by atoms with Crippen LogP contribution in [-0.4, -0.2) is 59.1 Å². The molecule has 1 aromatic carbocycles. The van der Waals surface area contributed by atoms with Gasteiger partial charge in [-0.25, -0.2) is 4.79 Å². The Balaban J connectivity index is 0.000000339. The first-order chi connectivity index (χ1) is 14.4. The van der Waals surface area contributed by atoms with E-state index in [-0.39, 0.29) is 11.8 Å². The number of piperidine rings is 1. The molecule has 3 aliphatic rings. The van der Waals surface area contributed by atoms with Crippen molar-refractivity contribution in [3.63, 3.8) is 0 Å². The van der Waals surface area contributed by atoms with Gasteiger partial charge in [0.1, 0.15) is 0 Å². The fourth-order valence-corrected chi connectivity index (χ4v) is 3.97. The smallest absolute Gasteiger partial charge is 0.475 e.